The summed E-state index contributed by atoms with van der Waals surface area (Å²) in [4.78, 5) is 15.7. The number of methoxy groups -OCH3 is 1. The van der Waals surface area contributed by atoms with E-state index in [0.717, 1.165) is 5.56 Å². The predicted molar refractivity (Wildman–Crippen MR) is 63.0 cm³/mol. The summed E-state index contributed by atoms with van der Waals surface area (Å²) in [6, 6.07) is 3.97. The molecule has 0 aliphatic heterocycles. The topological polar surface area (TPSA) is 72.8 Å². The maximum absolute atomic E-state index is 5.72. The van der Waals surface area contributed by atoms with Crippen molar-refractivity contribution in [1.82, 2.24) is 19.9 Å². The summed E-state index contributed by atoms with van der Waals surface area (Å²) in [5.41, 5.74) is 1.07. The molecule has 0 aliphatic rings. The molecule has 2 aromatic heterocycles. The molecule has 2 rings (SSSR count). The molecule has 0 saturated heterocycles. The van der Waals surface area contributed by atoms with Crippen LogP contribution in [0.15, 0.2) is 24.5 Å². The average Bonchev–Trinajstić information content (AvgIpc) is 2.37. The summed E-state index contributed by atoms with van der Waals surface area (Å²) in [7, 11) is 1.47. The molecule has 0 atom stereocenters. The SMILES string of the molecule is COc1nc(Cl)nc(NCc2ccncc2)n1. The van der Waals surface area contributed by atoms with Gasteiger partial charge in [-0.15, -0.1) is 0 Å². The van der Waals surface area contributed by atoms with Crippen LogP contribution in [0.25, 0.3) is 0 Å². The third kappa shape index (κ3) is 3.25. The van der Waals surface area contributed by atoms with Gasteiger partial charge in [0.15, 0.2) is 0 Å². The molecule has 0 aromatic carbocycles. The summed E-state index contributed by atoms with van der Waals surface area (Å²) in [6.07, 6.45) is 3.44. The molecule has 1 N–H and O–H groups in total. The fourth-order valence-electron chi connectivity index (χ4n) is 1.18. The lowest BCUT2D eigenvalue weighted by Gasteiger charge is -2.05. The molecule has 7 heteroatoms. The van der Waals surface area contributed by atoms with Crippen molar-refractivity contribution in [2.45, 2.75) is 6.54 Å². The summed E-state index contributed by atoms with van der Waals surface area (Å²) >= 11 is 5.72. The largest absolute Gasteiger partial charge is 0.467 e. The smallest absolute Gasteiger partial charge is 0.322 e. The average molecular weight is 252 g/mol. The summed E-state index contributed by atoms with van der Waals surface area (Å²) in [5.74, 6) is 0.374. The Morgan fingerprint density at radius 3 is 2.71 bits per heavy atom. The lowest BCUT2D eigenvalue weighted by Crippen LogP contribution is -2.06. The number of ether oxygens (including phenoxy) is 1. The molecule has 17 heavy (non-hydrogen) atoms. The highest BCUT2D eigenvalue weighted by atomic mass is 35.5. The van der Waals surface area contributed by atoms with E-state index in [0.29, 0.717) is 12.5 Å². The highest BCUT2D eigenvalue weighted by Gasteiger charge is 2.04. The molecule has 0 amide bonds. The van der Waals surface area contributed by atoms with Gasteiger partial charge in [0.25, 0.3) is 0 Å². The predicted octanol–water partition coefficient (Wildman–Crippen LogP) is 1.54. The lowest BCUT2D eigenvalue weighted by molar-refractivity contribution is 0.379. The summed E-state index contributed by atoms with van der Waals surface area (Å²) in [6.45, 7) is 0.575. The molecule has 0 bridgehead atoms. The highest BCUT2D eigenvalue weighted by Crippen LogP contribution is 2.11. The second-order valence-corrected chi connectivity index (χ2v) is 3.46. The van der Waals surface area contributed by atoms with Crippen LogP contribution in [0.2, 0.25) is 5.28 Å². The monoisotopic (exact) mass is 251 g/mol. The van der Waals surface area contributed by atoms with E-state index in [9.17, 15) is 0 Å². The van der Waals surface area contributed by atoms with E-state index in [-0.39, 0.29) is 11.3 Å². The number of rotatable bonds is 4. The Morgan fingerprint density at radius 2 is 2.00 bits per heavy atom. The third-order valence-electron chi connectivity index (χ3n) is 1.97. The number of pyridine rings is 1. The molecular weight excluding hydrogens is 242 g/mol. The quantitative estimate of drug-likeness (QED) is 0.889. The van der Waals surface area contributed by atoms with Crippen LogP contribution in [0.4, 0.5) is 5.95 Å². The van der Waals surface area contributed by atoms with Crippen molar-refractivity contribution in [1.29, 1.82) is 0 Å². The Balaban J connectivity index is 2.06. The molecule has 0 radical (unpaired) electrons. The molecule has 0 aliphatic carbocycles. The first kappa shape index (κ1) is 11.5. The van der Waals surface area contributed by atoms with Gasteiger partial charge in [-0.1, -0.05) is 0 Å². The first-order valence-electron chi connectivity index (χ1n) is 4.86. The number of anilines is 1. The lowest BCUT2D eigenvalue weighted by atomic mass is 10.3. The van der Waals surface area contributed by atoms with Gasteiger partial charge in [0.2, 0.25) is 11.2 Å². The van der Waals surface area contributed by atoms with Crippen LogP contribution in [0.3, 0.4) is 0 Å². The molecule has 0 unspecified atom stereocenters. The Labute approximate surface area is 103 Å². The highest BCUT2D eigenvalue weighted by molar-refractivity contribution is 6.28. The van der Waals surface area contributed by atoms with E-state index in [1.54, 1.807) is 12.4 Å². The van der Waals surface area contributed by atoms with Crippen LogP contribution in [0, 0.1) is 0 Å². The number of nitrogens with zero attached hydrogens (tertiary/aromatic N) is 4. The zero-order valence-corrected chi connectivity index (χ0v) is 9.85. The van der Waals surface area contributed by atoms with Crippen molar-refractivity contribution < 1.29 is 4.74 Å². The fraction of sp³-hybridized carbons (Fsp3) is 0.200. The van der Waals surface area contributed by atoms with E-state index >= 15 is 0 Å². The van der Waals surface area contributed by atoms with E-state index in [4.69, 9.17) is 16.3 Å². The van der Waals surface area contributed by atoms with Gasteiger partial charge in [0.05, 0.1) is 7.11 Å². The van der Waals surface area contributed by atoms with Gasteiger partial charge in [-0.05, 0) is 29.3 Å². The first-order valence-corrected chi connectivity index (χ1v) is 5.24. The van der Waals surface area contributed by atoms with Gasteiger partial charge < -0.3 is 10.1 Å². The second kappa shape index (κ2) is 5.40. The van der Waals surface area contributed by atoms with Gasteiger partial charge in [-0.3, -0.25) is 4.98 Å². The maximum atomic E-state index is 5.72. The van der Waals surface area contributed by atoms with E-state index in [2.05, 4.69) is 25.3 Å². The molecule has 2 heterocycles. The minimum atomic E-state index is 0.0917. The number of nitrogens with one attached hydrogen (secondary N) is 1. The number of hydrogen-bond donors (Lipinski definition) is 1. The maximum Gasteiger partial charge on any atom is 0.322 e. The van der Waals surface area contributed by atoms with Gasteiger partial charge in [0.1, 0.15) is 0 Å². The minimum Gasteiger partial charge on any atom is -0.467 e. The van der Waals surface area contributed by atoms with Crippen LogP contribution in [0.5, 0.6) is 6.01 Å². The normalized spacial score (nSPS) is 10.0. The van der Waals surface area contributed by atoms with Crippen molar-refractivity contribution >= 4 is 17.5 Å². The Hall–Kier alpha value is -1.95. The Kier molecular flexibility index (Phi) is 3.66. The van der Waals surface area contributed by atoms with E-state index in [1.165, 1.54) is 7.11 Å². The van der Waals surface area contributed by atoms with Crippen LogP contribution in [-0.2, 0) is 6.54 Å². The molecule has 0 spiro atoms. The molecule has 0 fully saturated rings. The second-order valence-electron chi connectivity index (χ2n) is 3.12. The van der Waals surface area contributed by atoms with Gasteiger partial charge in [-0.2, -0.15) is 15.0 Å². The van der Waals surface area contributed by atoms with Gasteiger partial charge in [0, 0.05) is 18.9 Å². The number of hydrogen-bond acceptors (Lipinski definition) is 6. The first-order chi connectivity index (χ1) is 8.28. The summed E-state index contributed by atoms with van der Waals surface area (Å²) < 4.78 is 4.89. The molecule has 88 valence electrons. The van der Waals surface area contributed by atoms with Gasteiger partial charge >= 0.3 is 6.01 Å². The Bertz CT molecular complexity index is 493. The fourth-order valence-corrected chi connectivity index (χ4v) is 1.34. The number of aromatic nitrogens is 4. The van der Waals surface area contributed by atoms with Crippen molar-refractivity contribution in [3.8, 4) is 6.01 Å². The van der Waals surface area contributed by atoms with Crippen LogP contribution >= 0.6 is 11.6 Å². The molecule has 0 saturated carbocycles. The Morgan fingerprint density at radius 1 is 1.24 bits per heavy atom. The number of halogens is 1. The standard InChI is InChI=1S/C10H10ClN5O/c1-17-10-15-8(11)14-9(16-10)13-6-7-2-4-12-5-3-7/h2-5H,6H2,1H3,(H,13,14,15,16). The zero-order valence-electron chi connectivity index (χ0n) is 9.09. The van der Waals surface area contributed by atoms with E-state index < -0.39 is 0 Å². The minimum absolute atomic E-state index is 0.0917. The van der Waals surface area contributed by atoms with Crippen LogP contribution < -0.4 is 10.1 Å². The van der Waals surface area contributed by atoms with Crippen molar-refractivity contribution in [3.63, 3.8) is 0 Å². The van der Waals surface area contributed by atoms with Crippen molar-refractivity contribution in [2.24, 2.45) is 0 Å². The van der Waals surface area contributed by atoms with Crippen LogP contribution in [0.1, 0.15) is 5.56 Å². The van der Waals surface area contributed by atoms with Crippen LogP contribution in [-0.4, -0.2) is 27.0 Å². The van der Waals surface area contributed by atoms with Gasteiger partial charge in [-0.25, -0.2) is 0 Å². The van der Waals surface area contributed by atoms with Crippen molar-refractivity contribution in [2.75, 3.05) is 12.4 Å². The van der Waals surface area contributed by atoms with E-state index in [1.807, 2.05) is 12.1 Å². The van der Waals surface area contributed by atoms with Crippen molar-refractivity contribution in [3.05, 3.63) is 35.4 Å². The zero-order chi connectivity index (χ0) is 12.1. The molecule has 2 aromatic rings. The molecular formula is C10H10ClN5O. The molecule has 6 nitrogen and oxygen atoms in total. The summed E-state index contributed by atoms with van der Waals surface area (Å²) in [5, 5.41) is 3.11. The third-order valence-corrected chi connectivity index (χ3v) is 2.14.